The summed E-state index contributed by atoms with van der Waals surface area (Å²) in [7, 11) is 0. The Kier molecular flexibility index (Phi) is 4.53. The van der Waals surface area contributed by atoms with Gasteiger partial charge in [0.25, 0.3) is 0 Å². The van der Waals surface area contributed by atoms with Gasteiger partial charge in [-0.05, 0) is 54.4 Å². The molecule has 1 saturated heterocycles. The number of ether oxygens (including phenoxy) is 1. The molecule has 2 aromatic rings. The van der Waals surface area contributed by atoms with Crippen LogP contribution in [0.2, 0.25) is 0 Å². The van der Waals surface area contributed by atoms with Crippen LogP contribution >= 0.6 is 0 Å². The maximum Gasteiger partial charge on any atom is 0.407 e. The van der Waals surface area contributed by atoms with Crippen LogP contribution in [0.15, 0.2) is 48.5 Å². The van der Waals surface area contributed by atoms with E-state index in [1.807, 2.05) is 24.3 Å². The average Bonchev–Trinajstić information content (AvgIpc) is 3.26. The molecule has 150 valence electrons. The third-order valence-electron chi connectivity index (χ3n) is 6.98. The van der Waals surface area contributed by atoms with E-state index >= 15 is 0 Å². The van der Waals surface area contributed by atoms with E-state index in [4.69, 9.17) is 4.74 Å². The van der Waals surface area contributed by atoms with Crippen molar-refractivity contribution >= 4 is 12.0 Å². The summed E-state index contributed by atoms with van der Waals surface area (Å²) in [5.41, 5.74) is 4.69. The van der Waals surface area contributed by atoms with Crippen LogP contribution in [-0.4, -0.2) is 31.2 Å². The lowest BCUT2D eigenvalue weighted by Gasteiger charge is -2.35. The molecule has 2 amide bonds. The maximum absolute atomic E-state index is 12.5. The molecule has 0 atom stereocenters. The van der Waals surface area contributed by atoms with E-state index in [2.05, 4.69) is 34.9 Å². The SMILES string of the molecule is O=C(NC1CCC2(CCNC2=O)CC1)OCC1c2ccccc2-c2ccccc21. The van der Waals surface area contributed by atoms with Crippen molar-refractivity contribution in [1.29, 1.82) is 0 Å². The third-order valence-corrected chi connectivity index (χ3v) is 6.98. The van der Waals surface area contributed by atoms with Gasteiger partial charge >= 0.3 is 6.09 Å². The number of benzene rings is 2. The predicted octanol–water partition coefficient (Wildman–Crippen LogP) is 3.97. The Morgan fingerprint density at radius 2 is 1.62 bits per heavy atom. The zero-order chi connectivity index (χ0) is 19.8. The van der Waals surface area contributed by atoms with Gasteiger partial charge < -0.3 is 15.4 Å². The van der Waals surface area contributed by atoms with Crippen LogP contribution in [0, 0.1) is 5.41 Å². The number of alkyl carbamates (subject to hydrolysis) is 1. The van der Waals surface area contributed by atoms with E-state index in [0.717, 1.165) is 38.6 Å². The molecule has 5 rings (SSSR count). The van der Waals surface area contributed by atoms with Gasteiger partial charge in [-0.3, -0.25) is 4.79 Å². The van der Waals surface area contributed by atoms with E-state index in [1.54, 1.807) is 0 Å². The zero-order valence-electron chi connectivity index (χ0n) is 16.4. The Morgan fingerprint density at radius 1 is 1.00 bits per heavy atom. The maximum atomic E-state index is 12.5. The largest absolute Gasteiger partial charge is 0.449 e. The Hall–Kier alpha value is -2.82. The summed E-state index contributed by atoms with van der Waals surface area (Å²) in [6.45, 7) is 1.11. The molecule has 2 N–H and O–H groups in total. The second kappa shape index (κ2) is 7.21. The van der Waals surface area contributed by atoms with Crippen LogP contribution in [0.1, 0.15) is 49.1 Å². The third kappa shape index (κ3) is 3.18. The van der Waals surface area contributed by atoms with Crippen molar-refractivity contribution in [2.45, 2.75) is 44.1 Å². The molecule has 0 unspecified atom stereocenters. The first-order valence-electron chi connectivity index (χ1n) is 10.6. The summed E-state index contributed by atoms with van der Waals surface area (Å²) in [4.78, 5) is 24.6. The Balaban J connectivity index is 1.19. The second-order valence-electron chi connectivity index (χ2n) is 8.53. The van der Waals surface area contributed by atoms with E-state index < -0.39 is 0 Å². The Labute approximate surface area is 170 Å². The van der Waals surface area contributed by atoms with Gasteiger partial charge in [-0.15, -0.1) is 0 Å². The minimum absolute atomic E-state index is 0.0740. The van der Waals surface area contributed by atoms with Gasteiger partial charge in [-0.25, -0.2) is 4.79 Å². The molecule has 1 aliphatic heterocycles. The number of carbonyl (C=O) groups excluding carboxylic acids is 2. The topological polar surface area (TPSA) is 67.4 Å². The fraction of sp³-hybridized carbons (Fsp3) is 0.417. The molecule has 5 nitrogen and oxygen atoms in total. The monoisotopic (exact) mass is 390 g/mol. The van der Waals surface area contributed by atoms with Crippen molar-refractivity contribution in [3.05, 3.63) is 59.7 Å². The summed E-state index contributed by atoms with van der Waals surface area (Å²) < 4.78 is 5.65. The van der Waals surface area contributed by atoms with Gasteiger partial charge in [0.1, 0.15) is 6.61 Å². The van der Waals surface area contributed by atoms with Crippen LogP contribution in [0.5, 0.6) is 0 Å². The molecular formula is C24H26N2O3. The lowest BCUT2D eigenvalue weighted by molar-refractivity contribution is -0.129. The molecule has 1 heterocycles. The van der Waals surface area contributed by atoms with Crippen LogP contribution in [-0.2, 0) is 9.53 Å². The Morgan fingerprint density at radius 3 is 2.21 bits per heavy atom. The molecular weight excluding hydrogens is 364 g/mol. The summed E-state index contributed by atoms with van der Waals surface area (Å²) >= 11 is 0. The van der Waals surface area contributed by atoms with Crippen LogP contribution < -0.4 is 10.6 Å². The standard InChI is InChI=1S/C24H26N2O3/c27-22-24(13-14-25-22)11-9-16(10-12-24)26-23(28)29-15-21-19-7-3-1-5-17(19)18-6-2-4-8-20(18)21/h1-8,16,21H,9-15H2,(H,25,27)(H,26,28). The molecule has 5 heteroatoms. The van der Waals surface area contributed by atoms with E-state index in [0.29, 0.717) is 6.61 Å². The first-order valence-corrected chi connectivity index (χ1v) is 10.6. The number of carbonyl (C=O) groups is 2. The lowest BCUT2D eigenvalue weighted by atomic mass is 9.71. The number of hydrogen-bond donors (Lipinski definition) is 2. The van der Waals surface area contributed by atoms with Gasteiger partial charge in [0.2, 0.25) is 5.91 Å². The zero-order valence-corrected chi connectivity index (χ0v) is 16.4. The summed E-state index contributed by atoms with van der Waals surface area (Å²) in [5.74, 6) is 0.266. The molecule has 2 aromatic carbocycles. The highest BCUT2D eigenvalue weighted by Crippen LogP contribution is 2.45. The molecule has 1 spiro atoms. The Bertz CT molecular complexity index is 901. The van der Waals surface area contributed by atoms with Crippen molar-refractivity contribution in [2.75, 3.05) is 13.2 Å². The van der Waals surface area contributed by atoms with Gasteiger partial charge in [0, 0.05) is 18.5 Å². The minimum Gasteiger partial charge on any atom is -0.449 e. The van der Waals surface area contributed by atoms with Crippen molar-refractivity contribution in [3.63, 3.8) is 0 Å². The highest BCUT2D eigenvalue weighted by Gasteiger charge is 2.44. The quantitative estimate of drug-likeness (QED) is 0.833. The average molecular weight is 390 g/mol. The summed E-state index contributed by atoms with van der Waals surface area (Å²) in [5, 5.41) is 5.97. The van der Waals surface area contributed by atoms with Crippen molar-refractivity contribution in [2.24, 2.45) is 5.41 Å². The normalized spacial score (nSPS) is 25.4. The van der Waals surface area contributed by atoms with Gasteiger partial charge in [-0.2, -0.15) is 0 Å². The van der Waals surface area contributed by atoms with E-state index in [9.17, 15) is 9.59 Å². The molecule has 0 aromatic heterocycles. The molecule has 2 fully saturated rings. The van der Waals surface area contributed by atoms with E-state index in [-0.39, 0.29) is 29.4 Å². The highest BCUT2D eigenvalue weighted by atomic mass is 16.5. The summed E-state index contributed by atoms with van der Waals surface area (Å²) in [6.07, 6.45) is 3.91. The lowest BCUT2D eigenvalue weighted by Crippen LogP contribution is -2.43. The van der Waals surface area contributed by atoms with E-state index in [1.165, 1.54) is 22.3 Å². The first-order chi connectivity index (χ1) is 14.2. The van der Waals surface area contributed by atoms with Crippen LogP contribution in [0.4, 0.5) is 4.79 Å². The molecule has 0 radical (unpaired) electrons. The highest BCUT2D eigenvalue weighted by molar-refractivity contribution is 5.84. The number of amides is 2. The van der Waals surface area contributed by atoms with Gasteiger partial charge in [0.05, 0.1) is 5.41 Å². The molecule has 2 aliphatic carbocycles. The van der Waals surface area contributed by atoms with Gasteiger partial charge in [0.15, 0.2) is 0 Å². The van der Waals surface area contributed by atoms with Crippen LogP contribution in [0.3, 0.4) is 0 Å². The van der Waals surface area contributed by atoms with Crippen molar-refractivity contribution in [1.82, 2.24) is 10.6 Å². The number of hydrogen-bond acceptors (Lipinski definition) is 3. The van der Waals surface area contributed by atoms with Gasteiger partial charge in [-0.1, -0.05) is 48.5 Å². The number of fused-ring (bicyclic) bond motifs is 3. The summed E-state index contributed by atoms with van der Waals surface area (Å²) in [6, 6.07) is 16.8. The molecule has 1 saturated carbocycles. The molecule has 0 bridgehead atoms. The predicted molar refractivity (Wildman–Crippen MR) is 111 cm³/mol. The van der Waals surface area contributed by atoms with Crippen molar-refractivity contribution < 1.29 is 14.3 Å². The molecule has 3 aliphatic rings. The fourth-order valence-corrected chi connectivity index (χ4v) is 5.31. The fourth-order valence-electron chi connectivity index (χ4n) is 5.31. The number of rotatable bonds is 3. The van der Waals surface area contributed by atoms with Crippen LogP contribution in [0.25, 0.3) is 11.1 Å². The first kappa shape index (κ1) is 18.2. The minimum atomic E-state index is -0.358. The molecule has 29 heavy (non-hydrogen) atoms. The van der Waals surface area contributed by atoms with Crippen molar-refractivity contribution in [3.8, 4) is 11.1 Å². The second-order valence-corrected chi connectivity index (χ2v) is 8.53. The smallest absolute Gasteiger partial charge is 0.407 e. The number of nitrogens with one attached hydrogen (secondary N) is 2.